The van der Waals surface area contributed by atoms with Gasteiger partial charge in [-0.3, -0.25) is 10.1 Å². The number of anilines is 1. The molecule has 1 amide bonds. The summed E-state index contributed by atoms with van der Waals surface area (Å²) in [5.41, 5.74) is 5.63. The van der Waals surface area contributed by atoms with Crippen molar-refractivity contribution in [3.8, 4) is 12.3 Å². The van der Waals surface area contributed by atoms with E-state index in [9.17, 15) is 14.9 Å². The molecule has 1 aromatic rings. The largest absolute Gasteiger partial charge is 0.450 e. The summed E-state index contributed by atoms with van der Waals surface area (Å²) < 4.78 is 4.63. The van der Waals surface area contributed by atoms with Gasteiger partial charge in [-0.1, -0.05) is 12.0 Å². The second-order valence-electron chi connectivity index (χ2n) is 4.81. The van der Waals surface area contributed by atoms with Gasteiger partial charge in [0.25, 0.3) is 5.69 Å². The van der Waals surface area contributed by atoms with Gasteiger partial charge in [0.15, 0.2) is 0 Å². The fourth-order valence-corrected chi connectivity index (χ4v) is 2.01. The first-order valence-electron chi connectivity index (χ1n) is 6.88. The summed E-state index contributed by atoms with van der Waals surface area (Å²) in [7, 11) is 0. The standard InChI is InChI=1S/C15H19N3O4/c1-3-12-8-6-9-13(18(20)21)14(12)17-11(2)7-4-5-10-22-15(16)19/h1,6,8-9,11,17H,4-5,7,10H2,2H3,(H2,16,19). The topological polar surface area (TPSA) is 107 Å². The number of ether oxygens (including phenoxy) is 1. The summed E-state index contributed by atoms with van der Waals surface area (Å²) >= 11 is 0. The van der Waals surface area contributed by atoms with Crippen LogP contribution in [0.3, 0.4) is 0 Å². The quantitative estimate of drug-likeness (QED) is 0.332. The van der Waals surface area contributed by atoms with Gasteiger partial charge in [0, 0.05) is 12.1 Å². The number of nitrogens with one attached hydrogen (secondary N) is 1. The summed E-state index contributed by atoms with van der Waals surface area (Å²) in [6.07, 6.45) is 6.81. The van der Waals surface area contributed by atoms with Gasteiger partial charge in [-0.2, -0.15) is 0 Å². The zero-order valence-electron chi connectivity index (χ0n) is 12.4. The Balaban J connectivity index is 2.60. The molecule has 0 spiro atoms. The van der Waals surface area contributed by atoms with Gasteiger partial charge in [0.1, 0.15) is 5.69 Å². The molecule has 7 nitrogen and oxygen atoms in total. The molecule has 0 aliphatic carbocycles. The molecular formula is C15H19N3O4. The Bertz CT molecular complexity index is 581. The van der Waals surface area contributed by atoms with Crippen LogP contribution in [0, 0.1) is 22.5 Å². The summed E-state index contributed by atoms with van der Waals surface area (Å²) in [5.74, 6) is 2.45. The van der Waals surface area contributed by atoms with E-state index in [-0.39, 0.29) is 18.3 Å². The highest BCUT2D eigenvalue weighted by molar-refractivity contribution is 5.70. The van der Waals surface area contributed by atoms with Gasteiger partial charge in [0.2, 0.25) is 0 Å². The number of benzene rings is 1. The lowest BCUT2D eigenvalue weighted by Gasteiger charge is -2.16. The molecule has 7 heteroatoms. The Kier molecular flexibility index (Phi) is 6.70. The predicted octanol–water partition coefficient (Wildman–Crippen LogP) is 2.64. The average molecular weight is 305 g/mol. The van der Waals surface area contributed by atoms with Crippen molar-refractivity contribution in [2.75, 3.05) is 11.9 Å². The third-order valence-electron chi connectivity index (χ3n) is 3.06. The molecule has 0 aromatic heterocycles. The van der Waals surface area contributed by atoms with Crippen LogP contribution in [0.25, 0.3) is 0 Å². The van der Waals surface area contributed by atoms with E-state index in [0.29, 0.717) is 17.7 Å². The Labute approximate surface area is 129 Å². The summed E-state index contributed by atoms with van der Waals surface area (Å²) in [6, 6.07) is 4.62. The van der Waals surface area contributed by atoms with Gasteiger partial charge in [-0.25, -0.2) is 4.79 Å². The first-order valence-corrected chi connectivity index (χ1v) is 6.88. The van der Waals surface area contributed by atoms with Crippen molar-refractivity contribution in [3.63, 3.8) is 0 Å². The third-order valence-corrected chi connectivity index (χ3v) is 3.06. The van der Waals surface area contributed by atoms with Crippen LogP contribution in [-0.4, -0.2) is 23.7 Å². The Morgan fingerprint density at radius 2 is 2.27 bits per heavy atom. The van der Waals surface area contributed by atoms with Crippen LogP contribution in [0.15, 0.2) is 18.2 Å². The number of nitro groups is 1. The van der Waals surface area contributed by atoms with Crippen LogP contribution in [-0.2, 0) is 4.74 Å². The molecule has 0 bridgehead atoms. The van der Waals surface area contributed by atoms with E-state index in [0.717, 1.165) is 12.8 Å². The van der Waals surface area contributed by atoms with Crippen molar-refractivity contribution in [1.29, 1.82) is 0 Å². The zero-order valence-corrected chi connectivity index (χ0v) is 12.4. The first kappa shape index (κ1) is 17.3. The highest BCUT2D eigenvalue weighted by Crippen LogP contribution is 2.28. The van der Waals surface area contributed by atoms with Crippen LogP contribution in [0.5, 0.6) is 0 Å². The number of unbranched alkanes of at least 4 members (excludes halogenated alkanes) is 1. The summed E-state index contributed by atoms with van der Waals surface area (Å²) in [5, 5.41) is 14.2. The molecule has 0 radical (unpaired) electrons. The van der Waals surface area contributed by atoms with E-state index < -0.39 is 11.0 Å². The monoisotopic (exact) mass is 305 g/mol. The molecule has 118 valence electrons. The number of nitro benzene ring substituents is 1. The number of hydrogen-bond donors (Lipinski definition) is 2. The van der Waals surface area contributed by atoms with Crippen molar-refractivity contribution < 1.29 is 14.5 Å². The second-order valence-corrected chi connectivity index (χ2v) is 4.81. The molecule has 22 heavy (non-hydrogen) atoms. The lowest BCUT2D eigenvalue weighted by atomic mass is 10.1. The molecule has 0 heterocycles. The smallest absolute Gasteiger partial charge is 0.404 e. The number of primary amides is 1. The lowest BCUT2D eigenvalue weighted by Crippen LogP contribution is -2.18. The van der Waals surface area contributed by atoms with Crippen LogP contribution < -0.4 is 11.1 Å². The van der Waals surface area contributed by atoms with E-state index >= 15 is 0 Å². The Morgan fingerprint density at radius 1 is 1.55 bits per heavy atom. The maximum atomic E-state index is 11.1. The summed E-state index contributed by atoms with van der Waals surface area (Å²) in [4.78, 5) is 21.0. The van der Waals surface area contributed by atoms with E-state index in [4.69, 9.17) is 12.2 Å². The maximum absolute atomic E-state index is 11.1. The fraction of sp³-hybridized carbons (Fsp3) is 0.400. The SMILES string of the molecule is C#Cc1cccc([N+](=O)[O-])c1NC(C)CCCCOC(N)=O. The van der Waals surface area contributed by atoms with Crippen molar-refractivity contribution in [3.05, 3.63) is 33.9 Å². The minimum absolute atomic E-state index is 0.0122. The molecule has 1 atom stereocenters. The number of nitrogens with zero attached hydrogens (tertiary/aromatic N) is 1. The van der Waals surface area contributed by atoms with Crippen LogP contribution in [0.4, 0.5) is 16.2 Å². The number of terminal acetylenes is 1. The average Bonchev–Trinajstić information content (AvgIpc) is 2.46. The molecule has 3 N–H and O–H groups in total. The normalized spacial score (nSPS) is 11.3. The molecule has 0 saturated carbocycles. The molecule has 0 fully saturated rings. The minimum Gasteiger partial charge on any atom is -0.450 e. The maximum Gasteiger partial charge on any atom is 0.404 e. The molecule has 1 unspecified atom stereocenters. The van der Waals surface area contributed by atoms with Gasteiger partial charge in [0.05, 0.1) is 17.1 Å². The summed E-state index contributed by atoms with van der Waals surface area (Å²) in [6.45, 7) is 2.18. The van der Waals surface area contributed by atoms with Crippen molar-refractivity contribution in [2.45, 2.75) is 32.2 Å². The number of hydrogen-bond acceptors (Lipinski definition) is 5. The van der Waals surface area contributed by atoms with Gasteiger partial charge >= 0.3 is 6.09 Å². The first-order chi connectivity index (χ1) is 10.5. The van der Waals surface area contributed by atoms with E-state index in [1.165, 1.54) is 6.07 Å². The number of carbonyl (C=O) groups is 1. The highest BCUT2D eigenvalue weighted by atomic mass is 16.6. The van der Waals surface area contributed by atoms with Gasteiger partial charge in [-0.05, 0) is 32.3 Å². The Hall–Kier alpha value is -2.75. The molecule has 1 rings (SSSR count). The van der Waals surface area contributed by atoms with E-state index in [1.54, 1.807) is 12.1 Å². The predicted molar refractivity (Wildman–Crippen MR) is 83.5 cm³/mol. The van der Waals surface area contributed by atoms with Gasteiger partial charge < -0.3 is 15.8 Å². The number of para-hydroxylation sites is 1. The van der Waals surface area contributed by atoms with E-state index in [2.05, 4.69) is 16.0 Å². The van der Waals surface area contributed by atoms with Crippen LogP contribution in [0.2, 0.25) is 0 Å². The number of nitrogens with two attached hydrogens (primary N) is 1. The van der Waals surface area contributed by atoms with Crippen LogP contribution >= 0.6 is 0 Å². The number of carbonyl (C=O) groups excluding carboxylic acids is 1. The number of amides is 1. The second kappa shape index (κ2) is 8.52. The van der Waals surface area contributed by atoms with Crippen molar-refractivity contribution in [1.82, 2.24) is 0 Å². The molecule has 1 aromatic carbocycles. The molecule has 0 aliphatic rings. The lowest BCUT2D eigenvalue weighted by molar-refractivity contribution is -0.384. The van der Waals surface area contributed by atoms with Crippen molar-refractivity contribution >= 4 is 17.5 Å². The van der Waals surface area contributed by atoms with Gasteiger partial charge in [-0.15, -0.1) is 6.42 Å². The fourth-order valence-electron chi connectivity index (χ4n) is 2.01. The highest BCUT2D eigenvalue weighted by Gasteiger charge is 2.18. The van der Waals surface area contributed by atoms with Crippen LogP contribution in [0.1, 0.15) is 31.7 Å². The molecule has 0 saturated heterocycles. The molecular weight excluding hydrogens is 286 g/mol. The van der Waals surface area contributed by atoms with E-state index in [1.807, 2.05) is 6.92 Å². The molecule has 0 aliphatic heterocycles. The van der Waals surface area contributed by atoms with Crippen molar-refractivity contribution in [2.24, 2.45) is 5.73 Å². The zero-order chi connectivity index (χ0) is 16.5. The Morgan fingerprint density at radius 3 is 2.86 bits per heavy atom. The minimum atomic E-state index is -0.787. The number of rotatable bonds is 8. The third kappa shape index (κ3) is 5.32.